The molecule has 0 saturated carbocycles. The summed E-state index contributed by atoms with van der Waals surface area (Å²) in [7, 11) is 0. The Balaban J connectivity index is 2.01. The summed E-state index contributed by atoms with van der Waals surface area (Å²) in [5.74, 6) is 0. The largest absolute Gasteiger partial charge is 0.391 e. The predicted octanol–water partition coefficient (Wildman–Crippen LogP) is 1.52. The van der Waals surface area contributed by atoms with E-state index in [1.54, 1.807) is 6.33 Å². The van der Waals surface area contributed by atoms with Gasteiger partial charge in [-0.25, -0.2) is 4.98 Å². The van der Waals surface area contributed by atoms with Gasteiger partial charge in [0.05, 0.1) is 23.6 Å². The lowest BCUT2D eigenvalue weighted by molar-refractivity contribution is 0.154. The Morgan fingerprint density at radius 3 is 3.25 bits per heavy atom. The second-order valence-corrected chi connectivity index (χ2v) is 4.32. The highest BCUT2D eigenvalue weighted by Crippen LogP contribution is 2.26. The average Bonchev–Trinajstić information content (AvgIpc) is 2.76. The quantitative estimate of drug-likeness (QED) is 0.761. The van der Waals surface area contributed by atoms with Gasteiger partial charge in [-0.05, 0) is 25.0 Å². The first kappa shape index (κ1) is 9.66. The van der Waals surface area contributed by atoms with Gasteiger partial charge < -0.3 is 15.0 Å². The Morgan fingerprint density at radius 2 is 2.38 bits per heavy atom. The van der Waals surface area contributed by atoms with Crippen LogP contribution in [0.4, 0.5) is 5.69 Å². The van der Waals surface area contributed by atoms with Crippen molar-refractivity contribution in [2.75, 3.05) is 18.0 Å². The zero-order valence-corrected chi connectivity index (χ0v) is 9.06. The zero-order chi connectivity index (χ0) is 11.0. The first-order valence-corrected chi connectivity index (χ1v) is 5.70. The Labute approximate surface area is 93.9 Å². The van der Waals surface area contributed by atoms with E-state index in [9.17, 15) is 5.11 Å². The molecule has 16 heavy (non-hydrogen) atoms. The first-order valence-electron chi connectivity index (χ1n) is 5.70. The van der Waals surface area contributed by atoms with E-state index in [0.29, 0.717) is 6.54 Å². The van der Waals surface area contributed by atoms with E-state index in [1.807, 2.05) is 12.1 Å². The van der Waals surface area contributed by atoms with Crippen molar-refractivity contribution in [3.05, 3.63) is 24.5 Å². The second kappa shape index (κ2) is 3.79. The van der Waals surface area contributed by atoms with Crippen LogP contribution in [0.25, 0.3) is 11.0 Å². The lowest BCUT2D eigenvalue weighted by Gasteiger charge is -2.32. The van der Waals surface area contributed by atoms with Crippen molar-refractivity contribution >= 4 is 16.7 Å². The number of aromatic nitrogens is 2. The average molecular weight is 217 g/mol. The van der Waals surface area contributed by atoms with Gasteiger partial charge in [-0.1, -0.05) is 6.07 Å². The van der Waals surface area contributed by atoms with E-state index in [2.05, 4.69) is 20.9 Å². The molecule has 1 aliphatic heterocycles. The van der Waals surface area contributed by atoms with E-state index in [0.717, 1.165) is 36.1 Å². The maximum absolute atomic E-state index is 9.69. The third-order valence-electron chi connectivity index (χ3n) is 3.17. The fourth-order valence-corrected chi connectivity index (χ4v) is 2.38. The number of H-pyrrole nitrogens is 1. The standard InChI is InChI=1S/C12H15N3O/c16-9-3-2-6-15(7-9)11-5-1-4-10-12(11)14-8-13-10/h1,4-5,8-9,16H,2-3,6-7H2,(H,13,14)/t9-/m0/s1. The number of hydrogen-bond donors (Lipinski definition) is 2. The highest BCUT2D eigenvalue weighted by Gasteiger charge is 2.19. The Morgan fingerprint density at radius 1 is 1.44 bits per heavy atom. The predicted molar refractivity (Wildman–Crippen MR) is 63.5 cm³/mol. The summed E-state index contributed by atoms with van der Waals surface area (Å²) in [5, 5.41) is 9.69. The number of anilines is 1. The molecule has 4 heteroatoms. The Bertz CT molecular complexity index is 494. The van der Waals surface area contributed by atoms with Gasteiger partial charge in [0.2, 0.25) is 0 Å². The topological polar surface area (TPSA) is 52.1 Å². The van der Waals surface area contributed by atoms with Gasteiger partial charge >= 0.3 is 0 Å². The van der Waals surface area contributed by atoms with Crippen molar-refractivity contribution in [3.8, 4) is 0 Å². The maximum Gasteiger partial charge on any atom is 0.112 e. The zero-order valence-electron chi connectivity index (χ0n) is 9.06. The van der Waals surface area contributed by atoms with Gasteiger partial charge in [-0.2, -0.15) is 0 Å². The number of benzene rings is 1. The summed E-state index contributed by atoms with van der Waals surface area (Å²) in [5.41, 5.74) is 3.17. The molecule has 0 spiro atoms. The van der Waals surface area contributed by atoms with Crippen LogP contribution in [0.15, 0.2) is 24.5 Å². The van der Waals surface area contributed by atoms with Crippen LogP contribution in [0, 0.1) is 0 Å². The highest BCUT2D eigenvalue weighted by atomic mass is 16.3. The van der Waals surface area contributed by atoms with Crippen LogP contribution >= 0.6 is 0 Å². The molecule has 1 fully saturated rings. The maximum atomic E-state index is 9.69. The molecule has 0 amide bonds. The van der Waals surface area contributed by atoms with E-state index < -0.39 is 0 Å². The molecule has 1 saturated heterocycles. The van der Waals surface area contributed by atoms with E-state index in [1.165, 1.54) is 0 Å². The van der Waals surface area contributed by atoms with Gasteiger partial charge in [-0.3, -0.25) is 0 Å². The fourth-order valence-electron chi connectivity index (χ4n) is 2.38. The molecule has 1 atom stereocenters. The minimum Gasteiger partial charge on any atom is -0.391 e. The summed E-state index contributed by atoms with van der Waals surface area (Å²) in [4.78, 5) is 9.67. The number of piperidine rings is 1. The number of fused-ring (bicyclic) bond motifs is 1. The SMILES string of the molecule is O[C@H]1CCCN(c2cccc3[nH]cnc23)C1. The minimum absolute atomic E-state index is 0.206. The monoisotopic (exact) mass is 217 g/mol. The molecule has 1 aromatic carbocycles. The molecular weight excluding hydrogens is 202 g/mol. The van der Waals surface area contributed by atoms with Crippen molar-refractivity contribution in [1.82, 2.24) is 9.97 Å². The van der Waals surface area contributed by atoms with Crippen molar-refractivity contribution in [3.63, 3.8) is 0 Å². The third-order valence-corrected chi connectivity index (χ3v) is 3.17. The Hall–Kier alpha value is -1.55. The molecule has 0 unspecified atom stereocenters. The van der Waals surface area contributed by atoms with Gasteiger partial charge in [0.1, 0.15) is 5.52 Å². The van der Waals surface area contributed by atoms with Crippen molar-refractivity contribution in [2.24, 2.45) is 0 Å². The molecule has 3 rings (SSSR count). The summed E-state index contributed by atoms with van der Waals surface area (Å²) < 4.78 is 0. The number of β-amino-alcohol motifs (C(OH)–C–C–N with tert-alkyl or cyclic N) is 1. The molecule has 0 bridgehead atoms. The molecule has 1 aromatic heterocycles. The van der Waals surface area contributed by atoms with Crippen LogP contribution in [-0.4, -0.2) is 34.3 Å². The third kappa shape index (κ3) is 1.55. The van der Waals surface area contributed by atoms with Crippen molar-refractivity contribution < 1.29 is 5.11 Å². The number of nitrogens with one attached hydrogen (secondary N) is 1. The fraction of sp³-hybridized carbons (Fsp3) is 0.417. The number of imidazole rings is 1. The van der Waals surface area contributed by atoms with E-state index >= 15 is 0 Å². The van der Waals surface area contributed by atoms with Crippen molar-refractivity contribution in [2.45, 2.75) is 18.9 Å². The molecule has 1 aliphatic rings. The lowest BCUT2D eigenvalue weighted by atomic mass is 10.1. The minimum atomic E-state index is -0.206. The van der Waals surface area contributed by atoms with E-state index in [-0.39, 0.29) is 6.10 Å². The summed E-state index contributed by atoms with van der Waals surface area (Å²) in [6.45, 7) is 1.72. The molecular formula is C12H15N3O. The number of aliphatic hydroxyl groups excluding tert-OH is 1. The summed E-state index contributed by atoms with van der Waals surface area (Å²) in [6, 6.07) is 6.12. The molecule has 0 radical (unpaired) electrons. The Kier molecular flexibility index (Phi) is 2.29. The number of aliphatic hydroxyl groups is 1. The molecule has 2 heterocycles. The van der Waals surface area contributed by atoms with Crippen molar-refractivity contribution in [1.29, 1.82) is 0 Å². The molecule has 2 aromatic rings. The number of rotatable bonds is 1. The highest BCUT2D eigenvalue weighted by molar-refractivity contribution is 5.88. The van der Waals surface area contributed by atoms with Crippen LogP contribution in [0.1, 0.15) is 12.8 Å². The second-order valence-electron chi connectivity index (χ2n) is 4.32. The number of para-hydroxylation sites is 1. The van der Waals surface area contributed by atoms with Gasteiger partial charge in [-0.15, -0.1) is 0 Å². The van der Waals surface area contributed by atoms with E-state index in [4.69, 9.17) is 0 Å². The number of nitrogens with zero attached hydrogens (tertiary/aromatic N) is 2. The van der Waals surface area contributed by atoms with Crippen LogP contribution in [0.2, 0.25) is 0 Å². The number of aromatic amines is 1. The van der Waals surface area contributed by atoms with Gasteiger partial charge in [0.15, 0.2) is 0 Å². The summed E-state index contributed by atoms with van der Waals surface area (Å²) in [6.07, 6.45) is 3.46. The smallest absolute Gasteiger partial charge is 0.112 e. The molecule has 0 aliphatic carbocycles. The normalized spacial score (nSPS) is 21.6. The molecule has 84 valence electrons. The van der Waals surface area contributed by atoms with Crippen LogP contribution in [-0.2, 0) is 0 Å². The first-order chi connectivity index (χ1) is 7.84. The van der Waals surface area contributed by atoms with Crippen LogP contribution in [0.3, 0.4) is 0 Å². The van der Waals surface area contributed by atoms with Crippen LogP contribution < -0.4 is 4.90 Å². The lowest BCUT2D eigenvalue weighted by Crippen LogP contribution is -2.38. The number of hydrogen-bond acceptors (Lipinski definition) is 3. The molecule has 2 N–H and O–H groups in total. The molecule has 4 nitrogen and oxygen atoms in total. The van der Waals surface area contributed by atoms with Gasteiger partial charge in [0.25, 0.3) is 0 Å². The van der Waals surface area contributed by atoms with Gasteiger partial charge in [0, 0.05) is 13.1 Å². The summed E-state index contributed by atoms with van der Waals surface area (Å²) >= 11 is 0. The van der Waals surface area contributed by atoms with Crippen LogP contribution in [0.5, 0.6) is 0 Å².